The highest BCUT2D eigenvalue weighted by atomic mass is 32.1. The third-order valence-corrected chi connectivity index (χ3v) is 2.42. The summed E-state index contributed by atoms with van der Waals surface area (Å²) in [5.41, 5.74) is 0. The Balaban J connectivity index is 2.14. The van der Waals surface area contributed by atoms with E-state index in [1.165, 1.54) is 0 Å². The van der Waals surface area contributed by atoms with Gasteiger partial charge >= 0.3 is 0 Å². The van der Waals surface area contributed by atoms with Crippen molar-refractivity contribution >= 4 is 17.3 Å². The van der Waals surface area contributed by atoms with Crippen molar-refractivity contribution in [2.75, 3.05) is 11.9 Å². The van der Waals surface area contributed by atoms with Crippen LogP contribution >= 0.6 is 11.3 Å². The molecule has 0 fully saturated rings. The molecule has 5 heteroatoms. The van der Waals surface area contributed by atoms with Crippen LogP contribution in [-0.4, -0.2) is 16.7 Å². The second kappa shape index (κ2) is 4.06. The molecule has 2 aromatic rings. The zero-order valence-electron chi connectivity index (χ0n) is 7.43. The van der Waals surface area contributed by atoms with Crippen LogP contribution in [0, 0.1) is 0 Å². The molecule has 0 unspecified atom stereocenters. The van der Waals surface area contributed by atoms with Gasteiger partial charge in [-0.2, -0.15) is 4.98 Å². The van der Waals surface area contributed by atoms with E-state index in [0.717, 1.165) is 4.88 Å². The second-order valence-electron chi connectivity index (χ2n) is 2.57. The maximum atomic E-state index is 5.06. The van der Waals surface area contributed by atoms with E-state index >= 15 is 0 Å². The molecule has 0 amide bonds. The van der Waals surface area contributed by atoms with Gasteiger partial charge in [0.25, 0.3) is 11.8 Å². The Kier molecular flexibility index (Phi) is 2.60. The van der Waals surface area contributed by atoms with E-state index < -0.39 is 0 Å². The van der Waals surface area contributed by atoms with E-state index in [9.17, 15) is 0 Å². The Morgan fingerprint density at radius 3 is 3.29 bits per heavy atom. The first-order chi connectivity index (χ1) is 6.90. The largest absolute Gasteiger partial charge is 0.348 e. The molecule has 14 heavy (non-hydrogen) atoms. The monoisotopic (exact) mass is 207 g/mol. The van der Waals surface area contributed by atoms with Crippen LogP contribution in [0.1, 0.15) is 0 Å². The predicted molar refractivity (Wildman–Crippen MR) is 56.3 cm³/mol. The number of rotatable bonds is 4. The van der Waals surface area contributed by atoms with Crippen molar-refractivity contribution in [2.45, 2.75) is 0 Å². The van der Waals surface area contributed by atoms with E-state index in [1.807, 2.05) is 17.5 Å². The molecule has 0 aromatic carbocycles. The first-order valence-electron chi connectivity index (χ1n) is 4.12. The van der Waals surface area contributed by atoms with Crippen LogP contribution in [0.15, 0.2) is 34.7 Å². The maximum absolute atomic E-state index is 5.06. The number of hydrogen-bond donors (Lipinski definition) is 1. The predicted octanol–water partition coefficient (Wildman–Crippen LogP) is 2.40. The normalized spacial score (nSPS) is 10.0. The van der Waals surface area contributed by atoms with Crippen LogP contribution < -0.4 is 5.32 Å². The lowest BCUT2D eigenvalue weighted by Gasteiger charge is -1.91. The Morgan fingerprint density at radius 2 is 2.57 bits per heavy atom. The fraction of sp³-hybridized carbons (Fsp3) is 0.111. The molecule has 0 atom stereocenters. The number of hydrogen-bond acceptors (Lipinski definition) is 5. The topological polar surface area (TPSA) is 51.0 Å². The minimum atomic E-state index is 0.494. The Labute approximate surface area is 85.3 Å². The van der Waals surface area contributed by atoms with Gasteiger partial charge in [-0.15, -0.1) is 17.9 Å². The standard InChI is InChI=1S/C9H9N3OS/c1-2-5-10-9-11-8(13-12-9)7-4-3-6-14-7/h2-4,6H,1,5H2,(H,10,12). The molecular formula is C9H9N3OS. The van der Waals surface area contributed by atoms with Crippen molar-refractivity contribution in [3.63, 3.8) is 0 Å². The Bertz CT molecular complexity index is 407. The van der Waals surface area contributed by atoms with Gasteiger partial charge in [0, 0.05) is 6.54 Å². The molecular weight excluding hydrogens is 198 g/mol. The first kappa shape index (κ1) is 8.96. The van der Waals surface area contributed by atoms with Crippen molar-refractivity contribution < 1.29 is 4.52 Å². The molecule has 2 heterocycles. The third kappa shape index (κ3) is 1.82. The molecule has 0 saturated carbocycles. The summed E-state index contributed by atoms with van der Waals surface area (Å²) in [6.45, 7) is 4.21. The molecule has 72 valence electrons. The summed E-state index contributed by atoms with van der Waals surface area (Å²) in [5, 5.41) is 8.69. The summed E-state index contributed by atoms with van der Waals surface area (Å²) >= 11 is 1.57. The second-order valence-corrected chi connectivity index (χ2v) is 3.52. The van der Waals surface area contributed by atoms with Crippen molar-refractivity contribution in [3.8, 4) is 10.8 Å². The van der Waals surface area contributed by atoms with Gasteiger partial charge in [0.15, 0.2) is 0 Å². The third-order valence-electron chi connectivity index (χ3n) is 1.56. The van der Waals surface area contributed by atoms with Crippen LogP contribution in [-0.2, 0) is 0 Å². The molecule has 0 aliphatic rings. The van der Waals surface area contributed by atoms with Gasteiger partial charge in [-0.1, -0.05) is 12.1 Å². The van der Waals surface area contributed by atoms with E-state index in [-0.39, 0.29) is 0 Å². The van der Waals surface area contributed by atoms with Gasteiger partial charge in [0.05, 0.1) is 4.88 Å². The molecule has 0 aliphatic carbocycles. The summed E-state index contributed by atoms with van der Waals surface area (Å²) < 4.78 is 5.06. The number of thiophene rings is 1. The molecule has 4 nitrogen and oxygen atoms in total. The zero-order chi connectivity index (χ0) is 9.80. The SMILES string of the molecule is C=CCNc1noc(-c2cccs2)n1. The summed E-state index contributed by atoms with van der Waals surface area (Å²) in [5.74, 6) is 1.04. The molecule has 0 spiro atoms. The molecule has 0 aliphatic heterocycles. The fourth-order valence-electron chi connectivity index (χ4n) is 0.959. The van der Waals surface area contributed by atoms with Gasteiger partial charge in [0.1, 0.15) is 0 Å². The molecule has 0 radical (unpaired) electrons. The van der Waals surface area contributed by atoms with Crippen molar-refractivity contribution in [3.05, 3.63) is 30.2 Å². The minimum Gasteiger partial charge on any atom is -0.348 e. The molecule has 0 saturated heterocycles. The number of nitrogens with zero attached hydrogens (tertiary/aromatic N) is 2. The van der Waals surface area contributed by atoms with Gasteiger partial charge in [-0.25, -0.2) is 0 Å². The van der Waals surface area contributed by atoms with Crippen LogP contribution in [0.5, 0.6) is 0 Å². The van der Waals surface area contributed by atoms with E-state index in [4.69, 9.17) is 4.52 Å². The van der Waals surface area contributed by atoms with Crippen LogP contribution in [0.25, 0.3) is 10.8 Å². The smallest absolute Gasteiger partial charge is 0.269 e. The van der Waals surface area contributed by atoms with E-state index in [1.54, 1.807) is 17.4 Å². The van der Waals surface area contributed by atoms with Crippen molar-refractivity contribution in [1.82, 2.24) is 10.1 Å². The fourth-order valence-corrected chi connectivity index (χ4v) is 1.60. The minimum absolute atomic E-state index is 0.494. The quantitative estimate of drug-likeness (QED) is 0.782. The van der Waals surface area contributed by atoms with Crippen molar-refractivity contribution in [1.29, 1.82) is 0 Å². The number of anilines is 1. The zero-order valence-corrected chi connectivity index (χ0v) is 8.25. The summed E-state index contributed by atoms with van der Waals surface area (Å²) in [6.07, 6.45) is 1.74. The van der Waals surface area contributed by atoms with Gasteiger partial charge < -0.3 is 9.84 Å². The molecule has 2 rings (SSSR count). The maximum Gasteiger partial charge on any atom is 0.269 e. The van der Waals surface area contributed by atoms with Gasteiger partial charge in [-0.05, 0) is 16.6 Å². The Morgan fingerprint density at radius 1 is 1.64 bits per heavy atom. The summed E-state index contributed by atoms with van der Waals surface area (Å²) in [4.78, 5) is 5.14. The number of nitrogens with one attached hydrogen (secondary N) is 1. The first-order valence-corrected chi connectivity index (χ1v) is 5.00. The highest BCUT2D eigenvalue weighted by Crippen LogP contribution is 2.23. The lowest BCUT2D eigenvalue weighted by molar-refractivity contribution is 0.433. The Hall–Kier alpha value is -1.62. The highest BCUT2D eigenvalue weighted by Gasteiger charge is 2.07. The van der Waals surface area contributed by atoms with Gasteiger partial charge in [-0.3, -0.25) is 0 Å². The number of aromatic nitrogens is 2. The van der Waals surface area contributed by atoms with Gasteiger partial charge in [0.2, 0.25) is 0 Å². The lowest BCUT2D eigenvalue weighted by atomic mass is 10.5. The average Bonchev–Trinajstić information content (AvgIpc) is 2.85. The highest BCUT2D eigenvalue weighted by molar-refractivity contribution is 7.13. The molecule has 2 aromatic heterocycles. The van der Waals surface area contributed by atoms with Crippen LogP contribution in [0.2, 0.25) is 0 Å². The van der Waals surface area contributed by atoms with E-state index in [2.05, 4.69) is 22.0 Å². The molecule has 0 bridgehead atoms. The van der Waals surface area contributed by atoms with Crippen molar-refractivity contribution in [2.24, 2.45) is 0 Å². The average molecular weight is 207 g/mol. The van der Waals surface area contributed by atoms with E-state index in [0.29, 0.717) is 18.4 Å². The van der Waals surface area contributed by atoms with Crippen LogP contribution in [0.3, 0.4) is 0 Å². The molecule has 1 N–H and O–H groups in total. The summed E-state index contributed by atoms with van der Waals surface area (Å²) in [7, 11) is 0. The van der Waals surface area contributed by atoms with Crippen LogP contribution in [0.4, 0.5) is 5.95 Å². The lowest BCUT2D eigenvalue weighted by Crippen LogP contribution is -1.98. The summed E-state index contributed by atoms with van der Waals surface area (Å²) in [6, 6.07) is 3.89.